The van der Waals surface area contributed by atoms with Crippen molar-refractivity contribution in [3.05, 3.63) is 81.4 Å². The van der Waals surface area contributed by atoms with Crippen LogP contribution in [-0.4, -0.2) is 27.9 Å². The summed E-state index contributed by atoms with van der Waals surface area (Å²) < 4.78 is 7.42. The van der Waals surface area contributed by atoms with Crippen LogP contribution >= 0.6 is 11.3 Å². The van der Waals surface area contributed by atoms with Crippen molar-refractivity contribution in [3.8, 4) is 0 Å². The quantitative estimate of drug-likeness (QED) is 0.381. The van der Waals surface area contributed by atoms with Gasteiger partial charge in [-0.25, -0.2) is 4.79 Å². The van der Waals surface area contributed by atoms with E-state index in [2.05, 4.69) is 15.6 Å². The number of carbonyl (C=O) groups excluding carboxylic acids is 2. The summed E-state index contributed by atoms with van der Waals surface area (Å²) in [5, 5.41) is 2.83. The second kappa shape index (κ2) is 7.48. The molecule has 1 aromatic carbocycles. The molecule has 3 heterocycles. The van der Waals surface area contributed by atoms with Gasteiger partial charge in [-0.2, -0.15) is 0 Å². The van der Waals surface area contributed by atoms with Gasteiger partial charge in [0.25, 0.3) is 0 Å². The summed E-state index contributed by atoms with van der Waals surface area (Å²) in [4.78, 5) is 29.4. The molecule has 1 N–H and O–H groups in total. The number of esters is 1. The second-order valence-corrected chi connectivity index (χ2v) is 7.73. The third-order valence-electron chi connectivity index (χ3n) is 4.91. The molecule has 0 aliphatic heterocycles. The molecule has 0 amide bonds. The molecule has 0 aliphatic carbocycles. The first-order chi connectivity index (χ1) is 13.5. The van der Waals surface area contributed by atoms with Crippen LogP contribution in [0.3, 0.4) is 0 Å². The number of Topliss-reactive ketones (excluding diaryl/α,β-unsaturated/α-hetero) is 1. The monoisotopic (exact) mass is 392 g/mol. The van der Waals surface area contributed by atoms with Gasteiger partial charge in [-0.05, 0) is 37.4 Å². The van der Waals surface area contributed by atoms with Crippen molar-refractivity contribution in [2.45, 2.75) is 20.4 Å². The maximum atomic E-state index is 12.7. The van der Waals surface area contributed by atoms with Crippen molar-refractivity contribution in [2.24, 2.45) is 0 Å². The Morgan fingerprint density at radius 1 is 1.11 bits per heavy atom. The summed E-state index contributed by atoms with van der Waals surface area (Å²) in [5.41, 5.74) is 3.79. The number of hydrogen-bond acceptors (Lipinski definition) is 4. The van der Waals surface area contributed by atoms with E-state index in [4.69, 9.17) is 4.74 Å². The molecule has 4 aromatic rings. The molecule has 0 saturated carbocycles. The fraction of sp³-hybridized carbons (Fsp3) is 0.182. The van der Waals surface area contributed by atoms with Gasteiger partial charge in [-0.15, -0.1) is 11.3 Å². The van der Waals surface area contributed by atoms with Crippen molar-refractivity contribution in [1.82, 2.24) is 9.55 Å². The molecule has 4 rings (SSSR count). The van der Waals surface area contributed by atoms with Crippen molar-refractivity contribution in [1.29, 1.82) is 0 Å². The van der Waals surface area contributed by atoms with Crippen molar-refractivity contribution < 1.29 is 14.3 Å². The minimum atomic E-state index is -0.502. The van der Waals surface area contributed by atoms with Crippen molar-refractivity contribution in [2.75, 3.05) is 6.61 Å². The van der Waals surface area contributed by atoms with Crippen LogP contribution in [0.15, 0.2) is 54.0 Å². The number of aryl methyl sites for hydroxylation is 1. The molecule has 0 fully saturated rings. The van der Waals surface area contributed by atoms with Gasteiger partial charge in [0.1, 0.15) is 0 Å². The van der Waals surface area contributed by atoms with Gasteiger partial charge in [-0.3, -0.25) is 4.79 Å². The standard InChI is InChI=1S/C22H20N2O3S/c1-14-10-18(15(2)24(14)12-16-6-5-9-28-16)21(25)13-27-22(26)19-11-23-20-8-4-3-7-17(19)20/h3-11,23H,12-13H2,1-2H3. The minimum absolute atomic E-state index is 0.196. The third kappa shape index (κ3) is 3.39. The molecule has 0 atom stereocenters. The zero-order chi connectivity index (χ0) is 19.7. The van der Waals surface area contributed by atoms with E-state index in [0.717, 1.165) is 28.8 Å². The predicted octanol–water partition coefficient (Wildman–Crippen LogP) is 4.74. The van der Waals surface area contributed by atoms with Crippen LogP contribution in [0, 0.1) is 13.8 Å². The molecule has 0 unspecified atom stereocenters. The minimum Gasteiger partial charge on any atom is -0.454 e. The number of fused-ring (bicyclic) bond motifs is 1. The average Bonchev–Trinajstić information content (AvgIpc) is 3.42. The Morgan fingerprint density at radius 3 is 2.71 bits per heavy atom. The summed E-state index contributed by atoms with van der Waals surface area (Å²) in [6.07, 6.45) is 1.62. The maximum absolute atomic E-state index is 12.7. The normalized spacial score (nSPS) is 11.1. The smallest absolute Gasteiger partial charge is 0.340 e. The number of nitrogens with zero attached hydrogens (tertiary/aromatic N) is 1. The van der Waals surface area contributed by atoms with Gasteiger partial charge >= 0.3 is 5.97 Å². The van der Waals surface area contributed by atoms with Gasteiger partial charge < -0.3 is 14.3 Å². The summed E-state index contributed by atoms with van der Waals surface area (Å²) in [6.45, 7) is 4.37. The molecule has 28 heavy (non-hydrogen) atoms. The van der Waals surface area contributed by atoms with Gasteiger partial charge in [0.15, 0.2) is 6.61 Å². The number of ketones is 1. The van der Waals surface area contributed by atoms with E-state index >= 15 is 0 Å². The summed E-state index contributed by atoms with van der Waals surface area (Å²) >= 11 is 1.69. The topological polar surface area (TPSA) is 64.1 Å². The first-order valence-electron chi connectivity index (χ1n) is 9.00. The molecule has 142 valence electrons. The fourth-order valence-electron chi connectivity index (χ4n) is 3.41. The molecule has 3 aromatic heterocycles. The number of aromatic amines is 1. The molecule has 0 bridgehead atoms. The zero-order valence-electron chi connectivity index (χ0n) is 15.7. The molecule has 0 radical (unpaired) electrons. The first kappa shape index (κ1) is 18.3. The second-order valence-electron chi connectivity index (χ2n) is 6.70. The lowest BCUT2D eigenvalue weighted by Gasteiger charge is -2.08. The lowest BCUT2D eigenvalue weighted by Crippen LogP contribution is -2.15. The molecular formula is C22H20N2O3S. The van der Waals surface area contributed by atoms with Crippen LogP contribution in [0.5, 0.6) is 0 Å². The highest BCUT2D eigenvalue weighted by Crippen LogP contribution is 2.21. The van der Waals surface area contributed by atoms with E-state index in [1.165, 1.54) is 4.88 Å². The molecular weight excluding hydrogens is 372 g/mol. The van der Waals surface area contributed by atoms with Crippen molar-refractivity contribution >= 4 is 34.0 Å². The Hall–Kier alpha value is -3.12. The third-order valence-corrected chi connectivity index (χ3v) is 5.77. The molecule has 6 heteroatoms. The summed E-state index contributed by atoms with van der Waals surface area (Å²) in [7, 11) is 0. The Balaban J connectivity index is 1.47. The maximum Gasteiger partial charge on any atom is 0.340 e. The Morgan fingerprint density at radius 2 is 1.93 bits per heavy atom. The molecule has 0 saturated heterocycles. The number of benzene rings is 1. The average molecular weight is 392 g/mol. The summed E-state index contributed by atoms with van der Waals surface area (Å²) in [6, 6.07) is 13.5. The van der Waals surface area contributed by atoms with E-state index in [0.29, 0.717) is 11.1 Å². The van der Waals surface area contributed by atoms with Crippen LogP contribution in [0.2, 0.25) is 0 Å². The number of hydrogen-bond donors (Lipinski definition) is 1. The number of H-pyrrole nitrogens is 1. The number of nitrogens with one attached hydrogen (secondary N) is 1. The highest BCUT2D eigenvalue weighted by molar-refractivity contribution is 7.09. The van der Waals surface area contributed by atoms with Gasteiger partial charge in [-0.1, -0.05) is 24.3 Å². The van der Waals surface area contributed by atoms with Crippen LogP contribution in [-0.2, 0) is 11.3 Å². The van der Waals surface area contributed by atoms with E-state index in [9.17, 15) is 9.59 Å². The Labute approximate surface area is 166 Å². The predicted molar refractivity (Wildman–Crippen MR) is 110 cm³/mol. The largest absolute Gasteiger partial charge is 0.454 e. The highest BCUT2D eigenvalue weighted by atomic mass is 32.1. The number of thiophene rings is 1. The number of ether oxygens (including phenoxy) is 1. The molecule has 0 aliphatic rings. The first-order valence-corrected chi connectivity index (χ1v) is 9.88. The lowest BCUT2D eigenvalue weighted by atomic mass is 10.1. The molecule has 0 spiro atoms. The SMILES string of the molecule is Cc1cc(C(=O)COC(=O)c2c[nH]c3ccccc23)c(C)n1Cc1cccs1. The molecule has 5 nitrogen and oxygen atoms in total. The Kier molecular flexibility index (Phi) is 4.88. The fourth-order valence-corrected chi connectivity index (χ4v) is 4.10. The number of para-hydroxylation sites is 1. The van der Waals surface area contributed by atoms with E-state index in [1.807, 2.05) is 55.6 Å². The van der Waals surface area contributed by atoms with Crippen LogP contribution in [0.1, 0.15) is 37.0 Å². The number of aromatic nitrogens is 2. The van der Waals surface area contributed by atoms with Crippen LogP contribution in [0.25, 0.3) is 10.9 Å². The van der Waals surface area contributed by atoms with E-state index in [-0.39, 0.29) is 12.4 Å². The summed E-state index contributed by atoms with van der Waals surface area (Å²) in [5.74, 6) is -0.697. The van der Waals surface area contributed by atoms with Gasteiger partial charge in [0.2, 0.25) is 5.78 Å². The Bertz CT molecular complexity index is 1150. The van der Waals surface area contributed by atoms with Crippen LogP contribution in [0.4, 0.5) is 0 Å². The number of rotatable bonds is 6. The van der Waals surface area contributed by atoms with Gasteiger partial charge in [0, 0.05) is 38.9 Å². The van der Waals surface area contributed by atoms with Gasteiger partial charge in [0.05, 0.1) is 12.1 Å². The van der Waals surface area contributed by atoms with Crippen LogP contribution < -0.4 is 0 Å². The van der Waals surface area contributed by atoms with Crippen molar-refractivity contribution in [3.63, 3.8) is 0 Å². The van der Waals surface area contributed by atoms with E-state index < -0.39 is 5.97 Å². The highest BCUT2D eigenvalue weighted by Gasteiger charge is 2.19. The zero-order valence-corrected chi connectivity index (χ0v) is 16.5. The number of carbonyl (C=O) groups is 2. The van der Waals surface area contributed by atoms with E-state index in [1.54, 1.807) is 17.5 Å². The lowest BCUT2D eigenvalue weighted by molar-refractivity contribution is 0.0476.